The summed E-state index contributed by atoms with van der Waals surface area (Å²) < 4.78 is 7.29. The number of aromatic nitrogens is 4. The minimum Gasteiger partial charge on any atom is -0.380 e. The molecule has 0 bridgehead atoms. The van der Waals surface area contributed by atoms with Crippen LogP contribution in [0.4, 0.5) is 5.95 Å². The van der Waals surface area contributed by atoms with Crippen molar-refractivity contribution in [3.8, 4) is 11.4 Å². The first kappa shape index (κ1) is 17.4. The Morgan fingerprint density at radius 2 is 1.96 bits per heavy atom. The molecule has 1 aliphatic rings. The minimum atomic E-state index is -0.120. The molecule has 7 heteroatoms. The monoisotopic (exact) mass is 363 g/mol. The molecule has 7 nitrogen and oxygen atoms in total. The maximum atomic E-state index is 12.6. The molecule has 27 heavy (non-hydrogen) atoms. The van der Waals surface area contributed by atoms with Gasteiger partial charge in [-0.15, -0.1) is 0 Å². The quantitative estimate of drug-likeness (QED) is 0.710. The SMILES string of the molecule is Cn1c(N2CCOCCC2c2ccccc2)nc(-c2ccncn2)cc1=O. The third-order valence-electron chi connectivity index (χ3n) is 4.79. The van der Waals surface area contributed by atoms with Gasteiger partial charge < -0.3 is 9.64 Å². The van der Waals surface area contributed by atoms with Gasteiger partial charge in [0.25, 0.3) is 5.56 Å². The summed E-state index contributed by atoms with van der Waals surface area (Å²) in [6, 6.07) is 13.6. The molecule has 138 valence electrons. The molecule has 1 atom stereocenters. The highest BCUT2D eigenvalue weighted by molar-refractivity contribution is 5.55. The molecule has 1 aromatic carbocycles. The molecule has 1 unspecified atom stereocenters. The number of hydrogen-bond donors (Lipinski definition) is 0. The van der Waals surface area contributed by atoms with Crippen LogP contribution in [0.1, 0.15) is 18.0 Å². The van der Waals surface area contributed by atoms with Crippen molar-refractivity contribution < 1.29 is 4.74 Å². The Hall–Kier alpha value is -3.06. The smallest absolute Gasteiger partial charge is 0.255 e. The zero-order chi connectivity index (χ0) is 18.6. The topological polar surface area (TPSA) is 73.1 Å². The Kier molecular flexibility index (Phi) is 4.93. The lowest BCUT2D eigenvalue weighted by Gasteiger charge is -2.32. The van der Waals surface area contributed by atoms with Crippen LogP contribution in [0.15, 0.2) is 59.8 Å². The van der Waals surface area contributed by atoms with Gasteiger partial charge in [-0.1, -0.05) is 30.3 Å². The first-order valence-electron chi connectivity index (χ1n) is 8.98. The normalized spacial score (nSPS) is 17.5. The summed E-state index contributed by atoms with van der Waals surface area (Å²) >= 11 is 0. The molecule has 2 aromatic heterocycles. The van der Waals surface area contributed by atoms with E-state index < -0.39 is 0 Å². The third-order valence-corrected chi connectivity index (χ3v) is 4.79. The van der Waals surface area contributed by atoms with Crippen molar-refractivity contribution in [1.82, 2.24) is 19.5 Å². The average Bonchev–Trinajstić information content (AvgIpc) is 2.97. The van der Waals surface area contributed by atoms with E-state index in [-0.39, 0.29) is 11.6 Å². The molecule has 1 aliphatic heterocycles. The van der Waals surface area contributed by atoms with Crippen molar-refractivity contribution in [2.45, 2.75) is 12.5 Å². The lowest BCUT2D eigenvalue weighted by Crippen LogP contribution is -2.36. The van der Waals surface area contributed by atoms with E-state index in [1.807, 2.05) is 18.2 Å². The van der Waals surface area contributed by atoms with Crippen LogP contribution in [0.5, 0.6) is 0 Å². The molecule has 1 fully saturated rings. The highest BCUT2D eigenvalue weighted by atomic mass is 16.5. The van der Waals surface area contributed by atoms with Crippen LogP contribution in [0.3, 0.4) is 0 Å². The lowest BCUT2D eigenvalue weighted by molar-refractivity contribution is 0.150. The van der Waals surface area contributed by atoms with Crippen molar-refractivity contribution in [2.24, 2.45) is 7.05 Å². The van der Waals surface area contributed by atoms with Gasteiger partial charge in [-0.25, -0.2) is 15.0 Å². The van der Waals surface area contributed by atoms with E-state index in [1.165, 1.54) is 18.0 Å². The van der Waals surface area contributed by atoms with Crippen molar-refractivity contribution in [2.75, 3.05) is 24.7 Å². The second-order valence-electron chi connectivity index (χ2n) is 6.45. The Morgan fingerprint density at radius 1 is 1.11 bits per heavy atom. The fourth-order valence-corrected chi connectivity index (χ4v) is 3.39. The van der Waals surface area contributed by atoms with Crippen LogP contribution in [0, 0.1) is 0 Å². The van der Waals surface area contributed by atoms with Gasteiger partial charge in [-0.2, -0.15) is 0 Å². The molecule has 0 spiro atoms. The van der Waals surface area contributed by atoms with E-state index in [0.717, 1.165) is 6.42 Å². The molecule has 0 radical (unpaired) electrons. The summed E-state index contributed by atoms with van der Waals surface area (Å²) in [5.41, 5.74) is 2.24. The summed E-state index contributed by atoms with van der Waals surface area (Å²) in [6.07, 6.45) is 3.94. The maximum absolute atomic E-state index is 12.6. The first-order valence-corrected chi connectivity index (χ1v) is 8.98. The summed E-state index contributed by atoms with van der Waals surface area (Å²) in [6.45, 7) is 1.93. The molecule has 1 saturated heterocycles. The Labute approximate surface area is 157 Å². The summed E-state index contributed by atoms with van der Waals surface area (Å²) in [5, 5.41) is 0. The number of rotatable bonds is 3. The molecule has 0 N–H and O–H groups in total. The van der Waals surface area contributed by atoms with E-state index in [4.69, 9.17) is 9.72 Å². The average molecular weight is 363 g/mol. The Morgan fingerprint density at radius 3 is 2.74 bits per heavy atom. The molecule has 4 rings (SSSR count). The van der Waals surface area contributed by atoms with E-state index in [0.29, 0.717) is 37.1 Å². The van der Waals surface area contributed by atoms with Crippen LogP contribution in [-0.4, -0.2) is 39.3 Å². The second kappa shape index (κ2) is 7.67. The maximum Gasteiger partial charge on any atom is 0.255 e. The zero-order valence-electron chi connectivity index (χ0n) is 15.2. The van der Waals surface area contributed by atoms with Crippen molar-refractivity contribution in [3.63, 3.8) is 0 Å². The zero-order valence-corrected chi connectivity index (χ0v) is 15.2. The summed E-state index contributed by atoms with van der Waals surface area (Å²) in [5.74, 6) is 0.621. The summed E-state index contributed by atoms with van der Waals surface area (Å²) in [4.78, 5) is 27.8. The first-order chi connectivity index (χ1) is 13.2. The number of benzene rings is 1. The van der Waals surface area contributed by atoms with Gasteiger partial charge in [-0.3, -0.25) is 9.36 Å². The lowest BCUT2D eigenvalue weighted by atomic mass is 10.0. The van der Waals surface area contributed by atoms with Gasteiger partial charge in [0.05, 0.1) is 24.0 Å². The highest BCUT2D eigenvalue weighted by Gasteiger charge is 2.26. The fourth-order valence-electron chi connectivity index (χ4n) is 3.39. The fraction of sp³-hybridized carbons (Fsp3) is 0.300. The number of anilines is 1. The highest BCUT2D eigenvalue weighted by Crippen LogP contribution is 2.30. The van der Waals surface area contributed by atoms with Crippen LogP contribution in [-0.2, 0) is 11.8 Å². The van der Waals surface area contributed by atoms with Crippen LogP contribution < -0.4 is 10.5 Å². The Balaban J connectivity index is 1.82. The second-order valence-corrected chi connectivity index (χ2v) is 6.45. The predicted octanol–water partition coefficient (Wildman–Crippen LogP) is 2.21. The number of hydrogen-bond acceptors (Lipinski definition) is 6. The molecular formula is C20H21N5O2. The van der Waals surface area contributed by atoms with Crippen LogP contribution >= 0.6 is 0 Å². The van der Waals surface area contributed by atoms with Crippen molar-refractivity contribution in [3.05, 3.63) is 70.9 Å². The Bertz CT molecular complexity index is 959. The van der Waals surface area contributed by atoms with Gasteiger partial charge in [0.2, 0.25) is 5.95 Å². The predicted molar refractivity (Wildman–Crippen MR) is 102 cm³/mol. The van der Waals surface area contributed by atoms with Crippen LogP contribution in [0.2, 0.25) is 0 Å². The van der Waals surface area contributed by atoms with Gasteiger partial charge in [-0.05, 0) is 18.1 Å². The third kappa shape index (κ3) is 3.59. The van der Waals surface area contributed by atoms with E-state index in [9.17, 15) is 4.79 Å². The molecule has 3 aromatic rings. The van der Waals surface area contributed by atoms with Crippen LogP contribution in [0.25, 0.3) is 11.4 Å². The molecule has 0 amide bonds. The summed E-state index contributed by atoms with van der Waals surface area (Å²) in [7, 11) is 1.75. The standard InChI is InChI=1S/C20H21N5O2/c1-24-19(26)13-17(16-7-9-21-14-22-16)23-20(24)25-10-12-27-11-8-18(25)15-5-3-2-4-6-15/h2-7,9,13-14,18H,8,10-12H2,1H3. The van der Waals surface area contributed by atoms with Crippen molar-refractivity contribution >= 4 is 5.95 Å². The number of nitrogens with zero attached hydrogens (tertiary/aromatic N) is 5. The molecule has 0 aliphatic carbocycles. The molecule has 3 heterocycles. The van der Waals surface area contributed by atoms with E-state index in [1.54, 1.807) is 23.9 Å². The molecule has 0 saturated carbocycles. The van der Waals surface area contributed by atoms with Gasteiger partial charge >= 0.3 is 0 Å². The number of ether oxygens (including phenoxy) is 1. The van der Waals surface area contributed by atoms with Crippen molar-refractivity contribution in [1.29, 1.82) is 0 Å². The van der Waals surface area contributed by atoms with E-state index >= 15 is 0 Å². The van der Waals surface area contributed by atoms with E-state index in [2.05, 4.69) is 27.0 Å². The van der Waals surface area contributed by atoms with Gasteiger partial charge in [0.15, 0.2) is 0 Å². The molecular weight excluding hydrogens is 342 g/mol. The van der Waals surface area contributed by atoms with Gasteiger partial charge in [0, 0.05) is 32.5 Å². The largest absolute Gasteiger partial charge is 0.380 e. The van der Waals surface area contributed by atoms with Gasteiger partial charge in [0.1, 0.15) is 6.33 Å². The minimum absolute atomic E-state index is 0.0902.